The average Bonchev–Trinajstić information content (AvgIpc) is 2.74. The molecule has 3 rings (SSSR count). The van der Waals surface area contributed by atoms with Crippen molar-refractivity contribution in [2.24, 2.45) is 0 Å². The molecule has 1 aliphatic heterocycles. The number of amides is 1. The van der Waals surface area contributed by atoms with Gasteiger partial charge in [0.15, 0.2) is 0 Å². The van der Waals surface area contributed by atoms with Crippen LogP contribution < -0.4 is 10.2 Å². The highest BCUT2D eigenvalue weighted by atomic mass is 16.1. The van der Waals surface area contributed by atoms with E-state index in [4.69, 9.17) is 0 Å². The number of carbonyl (C=O) groups is 1. The largest absolute Gasteiger partial charge is 0.369 e. The first kappa shape index (κ1) is 20.4. The summed E-state index contributed by atoms with van der Waals surface area (Å²) in [5.41, 5.74) is 3.89. The van der Waals surface area contributed by atoms with Crippen molar-refractivity contribution in [2.45, 2.75) is 39.2 Å². The third-order valence-corrected chi connectivity index (χ3v) is 5.64. The van der Waals surface area contributed by atoms with Crippen LogP contribution in [0.25, 0.3) is 0 Å². The number of nitrogens with zero attached hydrogens (tertiary/aromatic N) is 2. The summed E-state index contributed by atoms with van der Waals surface area (Å²) >= 11 is 0. The summed E-state index contributed by atoms with van der Waals surface area (Å²) < 4.78 is 0. The minimum atomic E-state index is 0.168. The Morgan fingerprint density at radius 1 is 1.00 bits per heavy atom. The Balaban J connectivity index is 1.32. The topological polar surface area (TPSA) is 35.6 Å². The van der Waals surface area contributed by atoms with E-state index in [0.29, 0.717) is 12.5 Å². The molecule has 0 aromatic heterocycles. The van der Waals surface area contributed by atoms with Crippen molar-refractivity contribution in [1.29, 1.82) is 0 Å². The second-order valence-electron chi connectivity index (χ2n) is 7.85. The lowest BCUT2D eigenvalue weighted by Crippen LogP contribution is -2.52. The fourth-order valence-corrected chi connectivity index (χ4v) is 3.75. The van der Waals surface area contributed by atoms with Crippen LogP contribution in [0.1, 0.15) is 30.9 Å². The highest BCUT2D eigenvalue weighted by Crippen LogP contribution is 2.16. The normalized spacial score (nSPS) is 16.0. The predicted octanol–water partition coefficient (Wildman–Crippen LogP) is 3.64. The molecular weight excluding hydrogens is 346 g/mol. The number of piperazine rings is 1. The molecule has 0 aliphatic carbocycles. The summed E-state index contributed by atoms with van der Waals surface area (Å²) in [5, 5.41) is 3.12. The second-order valence-corrected chi connectivity index (χ2v) is 7.85. The number of aryl methyl sites for hydroxylation is 2. The number of carbonyl (C=O) groups excluding carboxylic acids is 1. The standard InChI is InChI=1S/C24H33N3O/c1-20-11-13-22(14-12-20)7-6-10-24(28)25-19-21(2)26-15-17-27(18-16-26)23-8-4-3-5-9-23/h3-5,8-9,11-14,21H,6-7,10,15-19H2,1-2H3,(H,25,28). The molecule has 1 amide bonds. The molecule has 1 atom stereocenters. The van der Waals surface area contributed by atoms with Gasteiger partial charge < -0.3 is 10.2 Å². The summed E-state index contributed by atoms with van der Waals surface area (Å²) in [6, 6.07) is 19.6. The second kappa shape index (κ2) is 10.3. The molecule has 0 saturated carbocycles. The first-order valence-corrected chi connectivity index (χ1v) is 10.5. The molecule has 2 aromatic rings. The third kappa shape index (κ3) is 6.10. The number of anilines is 1. The molecule has 1 heterocycles. The fourth-order valence-electron chi connectivity index (χ4n) is 3.75. The highest BCUT2D eigenvalue weighted by Gasteiger charge is 2.21. The summed E-state index contributed by atoms with van der Waals surface area (Å²) in [7, 11) is 0. The number of para-hydroxylation sites is 1. The number of rotatable bonds is 8. The van der Waals surface area contributed by atoms with Gasteiger partial charge in [-0.25, -0.2) is 0 Å². The predicted molar refractivity (Wildman–Crippen MR) is 117 cm³/mol. The first-order chi connectivity index (χ1) is 13.6. The van der Waals surface area contributed by atoms with Gasteiger partial charge in [0.1, 0.15) is 0 Å². The lowest BCUT2D eigenvalue weighted by atomic mass is 10.1. The molecule has 1 aliphatic rings. The molecule has 28 heavy (non-hydrogen) atoms. The van der Waals surface area contributed by atoms with Crippen LogP contribution in [0.2, 0.25) is 0 Å². The van der Waals surface area contributed by atoms with Gasteiger partial charge in [-0.05, 0) is 44.4 Å². The van der Waals surface area contributed by atoms with Crippen molar-refractivity contribution in [3.63, 3.8) is 0 Å². The minimum Gasteiger partial charge on any atom is -0.369 e. The van der Waals surface area contributed by atoms with Gasteiger partial charge in [-0.15, -0.1) is 0 Å². The summed E-state index contributed by atoms with van der Waals surface area (Å²) in [4.78, 5) is 17.1. The van der Waals surface area contributed by atoms with Gasteiger partial charge in [0.05, 0.1) is 0 Å². The van der Waals surface area contributed by atoms with Crippen LogP contribution in [0.4, 0.5) is 5.69 Å². The van der Waals surface area contributed by atoms with Crippen LogP contribution in [0.3, 0.4) is 0 Å². The zero-order chi connectivity index (χ0) is 19.8. The Labute approximate surface area is 169 Å². The van der Waals surface area contributed by atoms with Crippen molar-refractivity contribution in [1.82, 2.24) is 10.2 Å². The first-order valence-electron chi connectivity index (χ1n) is 10.5. The molecule has 1 unspecified atom stereocenters. The van der Waals surface area contributed by atoms with Crippen LogP contribution in [0.5, 0.6) is 0 Å². The van der Waals surface area contributed by atoms with Gasteiger partial charge in [-0.1, -0.05) is 48.0 Å². The van der Waals surface area contributed by atoms with E-state index in [0.717, 1.165) is 45.6 Å². The van der Waals surface area contributed by atoms with Gasteiger partial charge in [-0.3, -0.25) is 9.69 Å². The molecule has 4 heteroatoms. The smallest absolute Gasteiger partial charge is 0.220 e. The van der Waals surface area contributed by atoms with E-state index >= 15 is 0 Å². The highest BCUT2D eigenvalue weighted by molar-refractivity contribution is 5.75. The van der Waals surface area contributed by atoms with E-state index in [1.54, 1.807) is 0 Å². The maximum Gasteiger partial charge on any atom is 0.220 e. The zero-order valence-electron chi connectivity index (χ0n) is 17.2. The molecule has 2 aromatic carbocycles. The van der Waals surface area contributed by atoms with E-state index in [2.05, 4.69) is 83.6 Å². The van der Waals surface area contributed by atoms with Crippen LogP contribution in [-0.2, 0) is 11.2 Å². The SMILES string of the molecule is Cc1ccc(CCCC(=O)NCC(C)N2CCN(c3ccccc3)CC2)cc1. The molecule has 1 fully saturated rings. The third-order valence-electron chi connectivity index (χ3n) is 5.64. The van der Waals surface area contributed by atoms with E-state index in [-0.39, 0.29) is 5.91 Å². The molecular formula is C24H33N3O. The number of hydrogen-bond acceptors (Lipinski definition) is 3. The Morgan fingerprint density at radius 2 is 1.68 bits per heavy atom. The molecule has 1 saturated heterocycles. The molecule has 4 nitrogen and oxygen atoms in total. The van der Waals surface area contributed by atoms with Crippen LogP contribution >= 0.6 is 0 Å². The van der Waals surface area contributed by atoms with E-state index < -0.39 is 0 Å². The zero-order valence-corrected chi connectivity index (χ0v) is 17.2. The van der Waals surface area contributed by atoms with Crippen molar-refractivity contribution in [3.05, 3.63) is 65.7 Å². The van der Waals surface area contributed by atoms with Crippen molar-refractivity contribution < 1.29 is 4.79 Å². The Morgan fingerprint density at radius 3 is 2.36 bits per heavy atom. The van der Waals surface area contributed by atoms with E-state index in [9.17, 15) is 4.79 Å². The van der Waals surface area contributed by atoms with Gasteiger partial charge >= 0.3 is 0 Å². The van der Waals surface area contributed by atoms with Crippen LogP contribution in [0.15, 0.2) is 54.6 Å². The maximum atomic E-state index is 12.2. The van der Waals surface area contributed by atoms with Crippen LogP contribution in [0, 0.1) is 6.92 Å². The van der Waals surface area contributed by atoms with Gasteiger partial charge in [0.2, 0.25) is 5.91 Å². The fraction of sp³-hybridized carbons (Fsp3) is 0.458. The number of hydrogen-bond donors (Lipinski definition) is 1. The van der Waals surface area contributed by atoms with Gasteiger partial charge in [0.25, 0.3) is 0 Å². The van der Waals surface area contributed by atoms with Crippen molar-refractivity contribution in [2.75, 3.05) is 37.6 Å². The Bertz CT molecular complexity index is 721. The lowest BCUT2D eigenvalue weighted by Gasteiger charge is -2.39. The number of nitrogens with one attached hydrogen (secondary N) is 1. The quantitative estimate of drug-likeness (QED) is 0.761. The summed E-state index contributed by atoms with van der Waals surface area (Å²) in [6.45, 7) is 9.20. The average molecular weight is 380 g/mol. The van der Waals surface area contributed by atoms with Gasteiger partial charge in [0, 0.05) is 50.9 Å². The molecule has 0 spiro atoms. The number of benzene rings is 2. The Hall–Kier alpha value is -2.33. The maximum absolute atomic E-state index is 12.2. The van der Waals surface area contributed by atoms with Crippen molar-refractivity contribution in [3.8, 4) is 0 Å². The van der Waals surface area contributed by atoms with Gasteiger partial charge in [-0.2, -0.15) is 0 Å². The summed E-state index contributed by atoms with van der Waals surface area (Å²) in [6.07, 6.45) is 2.46. The Kier molecular flexibility index (Phi) is 7.49. The van der Waals surface area contributed by atoms with Crippen LogP contribution in [-0.4, -0.2) is 49.6 Å². The minimum absolute atomic E-state index is 0.168. The molecule has 150 valence electrons. The lowest BCUT2D eigenvalue weighted by molar-refractivity contribution is -0.121. The van der Waals surface area contributed by atoms with E-state index in [1.807, 2.05) is 0 Å². The van der Waals surface area contributed by atoms with Crippen molar-refractivity contribution >= 4 is 11.6 Å². The monoisotopic (exact) mass is 379 g/mol. The molecule has 0 radical (unpaired) electrons. The summed E-state index contributed by atoms with van der Waals surface area (Å²) in [5.74, 6) is 0.168. The molecule has 0 bridgehead atoms. The molecule has 1 N–H and O–H groups in total. The van der Waals surface area contributed by atoms with E-state index in [1.165, 1.54) is 16.8 Å².